The van der Waals surface area contributed by atoms with Crippen molar-refractivity contribution in [3.05, 3.63) is 48.0 Å². The van der Waals surface area contributed by atoms with Crippen molar-refractivity contribution in [2.75, 3.05) is 13.2 Å². The molecule has 2 aliphatic rings. The number of ether oxygens (including phenoxy) is 1. The Morgan fingerprint density at radius 2 is 2.12 bits per heavy atom. The van der Waals surface area contributed by atoms with Crippen molar-refractivity contribution < 1.29 is 4.74 Å². The first kappa shape index (κ1) is 15.8. The standard InChI is InChI=1S/C19H26N4O/c1-22-12-17(11-21-22)13-23-8-6-19(24-14-15-4-5-15)18(23)9-16-3-2-7-20-10-16/h2-3,7,10-12,15,18-19H,4-6,8-9,13-14H2,1H3/t18-,19-/m1/s1. The van der Waals surface area contributed by atoms with E-state index in [1.807, 2.05) is 36.4 Å². The average molecular weight is 326 g/mol. The van der Waals surface area contributed by atoms with E-state index in [0.717, 1.165) is 38.5 Å². The quantitative estimate of drug-likeness (QED) is 0.784. The van der Waals surface area contributed by atoms with Gasteiger partial charge in [-0.25, -0.2) is 0 Å². The van der Waals surface area contributed by atoms with Crippen LogP contribution in [-0.4, -0.2) is 45.0 Å². The Balaban J connectivity index is 1.46. The number of aromatic nitrogens is 3. The smallest absolute Gasteiger partial charge is 0.0745 e. The van der Waals surface area contributed by atoms with Crippen LogP contribution in [0.25, 0.3) is 0 Å². The van der Waals surface area contributed by atoms with Crippen molar-refractivity contribution in [2.24, 2.45) is 13.0 Å². The maximum Gasteiger partial charge on any atom is 0.0745 e. The number of nitrogens with zero attached hydrogens (tertiary/aromatic N) is 4. The highest BCUT2D eigenvalue weighted by Gasteiger charge is 2.36. The summed E-state index contributed by atoms with van der Waals surface area (Å²) >= 11 is 0. The van der Waals surface area contributed by atoms with Gasteiger partial charge < -0.3 is 4.74 Å². The highest BCUT2D eigenvalue weighted by Crippen LogP contribution is 2.32. The summed E-state index contributed by atoms with van der Waals surface area (Å²) in [6.45, 7) is 2.98. The molecule has 0 radical (unpaired) electrons. The topological polar surface area (TPSA) is 43.2 Å². The minimum atomic E-state index is 0.336. The molecule has 2 aromatic heterocycles. The van der Waals surface area contributed by atoms with Gasteiger partial charge in [0.15, 0.2) is 0 Å². The van der Waals surface area contributed by atoms with E-state index in [1.165, 1.54) is 24.0 Å². The molecule has 3 heterocycles. The summed E-state index contributed by atoms with van der Waals surface area (Å²) < 4.78 is 8.18. The van der Waals surface area contributed by atoms with Crippen LogP contribution in [0.15, 0.2) is 36.9 Å². The van der Waals surface area contributed by atoms with E-state index in [4.69, 9.17) is 4.74 Å². The molecule has 1 aliphatic heterocycles. The third-order valence-electron chi connectivity index (χ3n) is 5.15. The average Bonchev–Trinajstić information content (AvgIpc) is 3.23. The third-order valence-corrected chi connectivity index (χ3v) is 5.15. The molecule has 1 saturated heterocycles. The lowest BCUT2D eigenvalue weighted by atomic mass is 10.0. The van der Waals surface area contributed by atoms with Gasteiger partial charge in [0.1, 0.15) is 0 Å². The van der Waals surface area contributed by atoms with Crippen molar-refractivity contribution in [3.63, 3.8) is 0 Å². The van der Waals surface area contributed by atoms with Crippen LogP contribution in [-0.2, 0) is 24.8 Å². The highest BCUT2D eigenvalue weighted by molar-refractivity contribution is 5.13. The SMILES string of the molecule is Cn1cc(CN2CC[C@@H](OCC3CC3)[C@H]2Cc2cccnc2)cn1. The molecule has 2 fully saturated rings. The van der Waals surface area contributed by atoms with Crippen molar-refractivity contribution in [1.29, 1.82) is 0 Å². The number of aryl methyl sites for hydroxylation is 1. The summed E-state index contributed by atoms with van der Waals surface area (Å²) in [6.07, 6.45) is 13.1. The highest BCUT2D eigenvalue weighted by atomic mass is 16.5. The molecule has 1 aliphatic carbocycles. The molecule has 5 nitrogen and oxygen atoms in total. The van der Waals surface area contributed by atoms with Crippen molar-refractivity contribution in [3.8, 4) is 0 Å². The van der Waals surface area contributed by atoms with E-state index >= 15 is 0 Å². The monoisotopic (exact) mass is 326 g/mol. The molecule has 0 bridgehead atoms. The van der Waals surface area contributed by atoms with Crippen LogP contribution in [0.1, 0.15) is 30.4 Å². The molecule has 1 saturated carbocycles. The Morgan fingerprint density at radius 1 is 1.21 bits per heavy atom. The summed E-state index contributed by atoms with van der Waals surface area (Å²) in [5, 5.41) is 4.30. The van der Waals surface area contributed by atoms with Gasteiger partial charge >= 0.3 is 0 Å². The van der Waals surface area contributed by atoms with Gasteiger partial charge in [0, 0.05) is 56.9 Å². The van der Waals surface area contributed by atoms with E-state index in [1.54, 1.807) is 0 Å². The second-order valence-corrected chi connectivity index (χ2v) is 7.23. The van der Waals surface area contributed by atoms with Crippen molar-refractivity contribution in [2.45, 2.75) is 44.4 Å². The molecule has 0 spiro atoms. The normalized spacial score (nSPS) is 24.5. The van der Waals surface area contributed by atoms with Crippen LogP contribution < -0.4 is 0 Å². The molecule has 4 rings (SSSR count). The maximum absolute atomic E-state index is 6.30. The second-order valence-electron chi connectivity index (χ2n) is 7.23. The van der Waals surface area contributed by atoms with Gasteiger partial charge in [-0.2, -0.15) is 5.10 Å². The maximum atomic E-state index is 6.30. The van der Waals surface area contributed by atoms with Crippen LogP contribution in [0.4, 0.5) is 0 Å². The fourth-order valence-corrected chi connectivity index (χ4v) is 3.63. The molecular formula is C19H26N4O. The third kappa shape index (κ3) is 3.84. The first-order valence-corrected chi connectivity index (χ1v) is 9.00. The summed E-state index contributed by atoms with van der Waals surface area (Å²) in [7, 11) is 1.97. The Morgan fingerprint density at radius 3 is 2.83 bits per heavy atom. The Hall–Kier alpha value is -1.72. The van der Waals surface area contributed by atoms with Gasteiger partial charge in [-0.05, 0) is 43.2 Å². The molecular weight excluding hydrogens is 300 g/mol. The molecule has 0 aromatic carbocycles. The predicted molar refractivity (Wildman–Crippen MR) is 92.4 cm³/mol. The molecule has 128 valence electrons. The lowest BCUT2D eigenvalue weighted by Crippen LogP contribution is -2.38. The fraction of sp³-hybridized carbons (Fsp3) is 0.579. The Labute approximate surface area is 143 Å². The van der Waals surface area contributed by atoms with Crippen LogP contribution in [0.5, 0.6) is 0 Å². The number of rotatable bonds is 7. The molecule has 0 amide bonds. The van der Waals surface area contributed by atoms with E-state index < -0.39 is 0 Å². The molecule has 2 atom stereocenters. The summed E-state index contributed by atoms with van der Waals surface area (Å²) in [6, 6.07) is 4.62. The molecule has 0 unspecified atom stereocenters. The minimum Gasteiger partial charge on any atom is -0.376 e. The Kier molecular flexibility index (Phi) is 4.63. The van der Waals surface area contributed by atoms with Crippen molar-refractivity contribution in [1.82, 2.24) is 19.7 Å². The molecule has 2 aromatic rings. The lowest BCUT2D eigenvalue weighted by molar-refractivity contribution is 0.0196. The zero-order chi connectivity index (χ0) is 16.4. The zero-order valence-electron chi connectivity index (χ0n) is 14.3. The first-order chi connectivity index (χ1) is 11.8. The number of pyridine rings is 1. The number of hydrogen-bond acceptors (Lipinski definition) is 4. The largest absolute Gasteiger partial charge is 0.376 e. The lowest BCUT2D eigenvalue weighted by Gasteiger charge is -2.28. The van der Waals surface area contributed by atoms with Gasteiger partial charge in [-0.1, -0.05) is 6.07 Å². The summed E-state index contributed by atoms with van der Waals surface area (Å²) in [4.78, 5) is 6.83. The zero-order valence-corrected chi connectivity index (χ0v) is 14.3. The summed E-state index contributed by atoms with van der Waals surface area (Å²) in [5.74, 6) is 0.816. The van der Waals surface area contributed by atoms with E-state index in [9.17, 15) is 0 Å². The van der Waals surface area contributed by atoms with E-state index in [-0.39, 0.29) is 0 Å². The van der Waals surface area contributed by atoms with Gasteiger partial charge in [0.2, 0.25) is 0 Å². The van der Waals surface area contributed by atoms with Crippen LogP contribution >= 0.6 is 0 Å². The van der Waals surface area contributed by atoms with Crippen LogP contribution in [0.2, 0.25) is 0 Å². The molecule has 0 N–H and O–H groups in total. The fourth-order valence-electron chi connectivity index (χ4n) is 3.63. The van der Waals surface area contributed by atoms with Crippen molar-refractivity contribution >= 4 is 0 Å². The van der Waals surface area contributed by atoms with E-state index in [2.05, 4.69) is 27.2 Å². The van der Waals surface area contributed by atoms with Gasteiger partial charge in [0.25, 0.3) is 0 Å². The number of hydrogen-bond donors (Lipinski definition) is 0. The Bertz CT molecular complexity index is 652. The van der Waals surface area contributed by atoms with Crippen LogP contribution in [0.3, 0.4) is 0 Å². The van der Waals surface area contributed by atoms with Gasteiger partial charge in [0.05, 0.1) is 12.3 Å². The van der Waals surface area contributed by atoms with E-state index in [0.29, 0.717) is 12.1 Å². The van der Waals surface area contributed by atoms with Gasteiger partial charge in [-0.3, -0.25) is 14.6 Å². The molecule has 5 heteroatoms. The minimum absolute atomic E-state index is 0.336. The first-order valence-electron chi connectivity index (χ1n) is 9.00. The predicted octanol–water partition coefficient (Wildman–Crippen LogP) is 2.43. The van der Waals surface area contributed by atoms with Gasteiger partial charge in [-0.15, -0.1) is 0 Å². The van der Waals surface area contributed by atoms with Crippen LogP contribution in [0, 0.1) is 5.92 Å². The number of likely N-dealkylation sites (tertiary alicyclic amines) is 1. The summed E-state index contributed by atoms with van der Waals surface area (Å²) in [5.41, 5.74) is 2.57. The molecule has 24 heavy (non-hydrogen) atoms. The second kappa shape index (κ2) is 7.03.